The second-order valence-electron chi connectivity index (χ2n) is 4.35. The van der Waals surface area contributed by atoms with E-state index in [1.807, 2.05) is 30.3 Å². The lowest BCUT2D eigenvalue weighted by Crippen LogP contribution is -2.00. The monoisotopic (exact) mass is 320 g/mol. The lowest BCUT2D eigenvalue weighted by Gasteiger charge is -2.17. The lowest BCUT2D eigenvalue weighted by atomic mass is 10.0. The fourth-order valence-corrected chi connectivity index (χ4v) is 2.83. The van der Waals surface area contributed by atoms with Crippen molar-refractivity contribution in [1.29, 1.82) is 0 Å². The van der Waals surface area contributed by atoms with Gasteiger partial charge in [-0.05, 0) is 19.1 Å². The Hall–Kier alpha value is -1.48. The second kappa shape index (κ2) is 6.11. The summed E-state index contributed by atoms with van der Waals surface area (Å²) in [6, 6.07) is 14.2. The Bertz CT molecular complexity index is 566. The quantitative estimate of drug-likeness (QED) is 0.772. The molecule has 1 unspecified atom stereocenters. The van der Waals surface area contributed by atoms with E-state index in [0.29, 0.717) is 0 Å². The summed E-state index contributed by atoms with van der Waals surface area (Å²) in [6.45, 7) is 2.07. The Balaban J connectivity index is 2.49. The van der Waals surface area contributed by atoms with Gasteiger partial charge in [-0.2, -0.15) is 0 Å². The van der Waals surface area contributed by atoms with Crippen LogP contribution in [0.25, 0.3) is 0 Å². The highest BCUT2D eigenvalue weighted by Gasteiger charge is 2.18. The van der Waals surface area contributed by atoms with Crippen LogP contribution >= 0.6 is 15.9 Å². The molecule has 1 atom stereocenters. The molecule has 0 N–H and O–H groups in total. The van der Waals surface area contributed by atoms with Crippen molar-refractivity contribution in [2.45, 2.75) is 11.8 Å². The van der Waals surface area contributed by atoms with Gasteiger partial charge in [-0.25, -0.2) is 0 Å². The zero-order chi connectivity index (χ0) is 13.8. The number of alkyl halides is 1. The van der Waals surface area contributed by atoms with Crippen molar-refractivity contribution in [3.63, 3.8) is 0 Å². The van der Waals surface area contributed by atoms with E-state index in [0.717, 1.165) is 22.6 Å². The predicted octanol–water partition coefficient (Wildman–Crippen LogP) is 4.50. The summed E-state index contributed by atoms with van der Waals surface area (Å²) in [5.74, 6) is 1.74. The molecule has 0 bridgehead atoms. The molecule has 0 aliphatic rings. The highest BCUT2D eigenvalue weighted by atomic mass is 79.9. The molecule has 0 aliphatic carbocycles. The third kappa shape index (κ3) is 2.92. The SMILES string of the molecule is COc1ccccc1C(Br)c1cc(C)ccc1OC. The first kappa shape index (κ1) is 13.9. The molecular weight excluding hydrogens is 304 g/mol. The van der Waals surface area contributed by atoms with E-state index in [9.17, 15) is 0 Å². The summed E-state index contributed by atoms with van der Waals surface area (Å²) in [5, 5.41) is 0. The smallest absolute Gasteiger partial charge is 0.123 e. The molecule has 2 aromatic carbocycles. The van der Waals surface area contributed by atoms with Crippen LogP contribution in [-0.2, 0) is 0 Å². The van der Waals surface area contributed by atoms with E-state index >= 15 is 0 Å². The van der Waals surface area contributed by atoms with Gasteiger partial charge in [0.1, 0.15) is 11.5 Å². The summed E-state index contributed by atoms with van der Waals surface area (Å²) in [6.07, 6.45) is 0. The number of ether oxygens (including phenoxy) is 2. The number of methoxy groups -OCH3 is 2. The van der Waals surface area contributed by atoms with Gasteiger partial charge in [-0.3, -0.25) is 0 Å². The molecule has 0 fully saturated rings. The van der Waals surface area contributed by atoms with Crippen molar-refractivity contribution < 1.29 is 9.47 Å². The summed E-state index contributed by atoms with van der Waals surface area (Å²) in [7, 11) is 3.38. The van der Waals surface area contributed by atoms with Crippen LogP contribution in [0.5, 0.6) is 11.5 Å². The number of hydrogen-bond donors (Lipinski definition) is 0. The average Bonchev–Trinajstić information content (AvgIpc) is 2.46. The van der Waals surface area contributed by atoms with Crippen LogP contribution in [0.15, 0.2) is 42.5 Å². The molecule has 2 aromatic rings. The predicted molar refractivity (Wildman–Crippen MR) is 81.5 cm³/mol. The molecule has 0 spiro atoms. The maximum atomic E-state index is 5.45. The molecule has 100 valence electrons. The normalized spacial score (nSPS) is 12.0. The molecule has 0 radical (unpaired) electrons. The summed E-state index contributed by atoms with van der Waals surface area (Å²) in [4.78, 5) is 0.0403. The zero-order valence-electron chi connectivity index (χ0n) is 11.3. The number of benzene rings is 2. The first-order valence-electron chi connectivity index (χ1n) is 6.09. The van der Waals surface area contributed by atoms with Gasteiger partial charge >= 0.3 is 0 Å². The highest BCUT2D eigenvalue weighted by Crippen LogP contribution is 2.40. The maximum Gasteiger partial charge on any atom is 0.123 e. The number of halogens is 1. The first-order chi connectivity index (χ1) is 9.17. The van der Waals surface area contributed by atoms with Crippen molar-refractivity contribution in [2.24, 2.45) is 0 Å². The Kier molecular flexibility index (Phi) is 4.48. The molecular formula is C16H17BrO2. The van der Waals surface area contributed by atoms with Gasteiger partial charge in [0.05, 0.1) is 19.0 Å². The minimum absolute atomic E-state index is 0.0403. The number of aryl methyl sites for hydroxylation is 1. The molecule has 0 heterocycles. The van der Waals surface area contributed by atoms with E-state index in [1.165, 1.54) is 5.56 Å². The Labute approximate surface area is 122 Å². The van der Waals surface area contributed by atoms with Crippen LogP contribution in [0, 0.1) is 6.92 Å². The molecule has 0 saturated heterocycles. The van der Waals surface area contributed by atoms with E-state index in [1.54, 1.807) is 14.2 Å². The molecule has 19 heavy (non-hydrogen) atoms. The minimum atomic E-state index is 0.0403. The van der Waals surface area contributed by atoms with Crippen molar-refractivity contribution >= 4 is 15.9 Å². The number of para-hydroxylation sites is 1. The van der Waals surface area contributed by atoms with Gasteiger partial charge in [0.25, 0.3) is 0 Å². The Morgan fingerprint density at radius 3 is 2.21 bits per heavy atom. The van der Waals surface area contributed by atoms with Gasteiger partial charge in [0, 0.05) is 11.1 Å². The van der Waals surface area contributed by atoms with E-state index < -0.39 is 0 Å². The fraction of sp³-hybridized carbons (Fsp3) is 0.250. The third-order valence-corrected chi connectivity index (χ3v) is 4.06. The van der Waals surface area contributed by atoms with E-state index in [-0.39, 0.29) is 4.83 Å². The third-order valence-electron chi connectivity index (χ3n) is 3.07. The second-order valence-corrected chi connectivity index (χ2v) is 5.27. The maximum absolute atomic E-state index is 5.45. The van der Waals surface area contributed by atoms with Gasteiger partial charge in [-0.1, -0.05) is 51.8 Å². The van der Waals surface area contributed by atoms with Crippen LogP contribution in [0.3, 0.4) is 0 Å². The Morgan fingerprint density at radius 1 is 0.895 bits per heavy atom. The largest absolute Gasteiger partial charge is 0.496 e. The molecule has 0 amide bonds. The van der Waals surface area contributed by atoms with E-state index in [2.05, 4.69) is 35.0 Å². The topological polar surface area (TPSA) is 18.5 Å². The van der Waals surface area contributed by atoms with Crippen molar-refractivity contribution in [2.75, 3.05) is 14.2 Å². The standard InChI is InChI=1S/C16H17BrO2/c1-11-8-9-15(19-3)13(10-11)16(17)12-6-4-5-7-14(12)18-2/h4-10,16H,1-3H3. The van der Waals surface area contributed by atoms with Crippen LogP contribution in [0.4, 0.5) is 0 Å². The van der Waals surface area contributed by atoms with Gasteiger partial charge in [0.2, 0.25) is 0 Å². The lowest BCUT2D eigenvalue weighted by molar-refractivity contribution is 0.405. The minimum Gasteiger partial charge on any atom is -0.496 e. The molecule has 0 aromatic heterocycles. The summed E-state index contributed by atoms with van der Waals surface area (Å²) >= 11 is 3.75. The van der Waals surface area contributed by atoms with Crippen LogP contribution in [0.1, 0.15) is 21.5 Å². The van der Waals surface area contributed by atoms with Crippen LogP contribution in [0.2, 0.25) is 0 Å². The summed E-state index contributed by atoms with van der Waals surface area (Å²) in [5.41, 5.74) is 3.40. The van der Waals surface area contributed by atoms with Crippen LogP contribution in [-0.4, -0.2) is 14.2 Å². The molecule has 2 nitrogen and oxygen atoms in total. The van der Waals surface area contributed by atoms with Gasteiger partial charge in [0.15, 0.2) is 0 Å². The average molecular weight is 321 g/mol. The van der Waals surface area contributed by atoms with Crippen molar-refractivity contribution in [3.8, 4) is 11.5 Å². The highest BCUT2D eigenvalue weighted by molar-refractivity contribution is 9.09. The fourth-order valence-electron chi connectivity index (χ4n) is 2.10. The van der Waals surface area contributed by atoms with Crippen molar-refractivity contribution in [3.05, 3.63) is 59.2 Å². The first-order valence-corrected chi connectivity index (χ1v) is 7.00. The molecule has 2 rings (SSSR count). The number of hydrogen-bond acceptors (Lipinski definition) is 2. The zero-order valence-corrected chi connectivity index (χ0v) is 12.9. The van der Waals surface area contributed by atoms with Crippen LogP contribution < -0.4 is 9.47 Å². The van der Waals surface area contributed by atoms with Gasteiger partial charge in [-0.15, -0.1) is 0 Å². The Morgan fingerprint density at radius 2 is 1.53 bits per heavy atom. The summed E-state index contributed by atoms with van der Waals surface area (Å²) < 4.78 is 10.9. The molecule has 0 aliphatic heterocycles. The van der Waals surface area contributed by atoms with Crippen molar-refractivity contribution in [1.82, 2.24) is 0 Å². The molecule has 0 saturated carbocycles. The van der Waals surface area contributed by atoms with E-state index in [4.69, 9.17) is 9.47 Å². The molecule has 3 heteroatoms. The van der Waals surface area contributed by atoms with Gasteiger partial charge < -0.3 is 9.47 Å². The number of rotatable bonds is 4.